The maximum atomic E-state index is 11.4. The van der Waals surface area contributed by atoms with Crippen LogP contribution in [-0.2, 0) is 4.79 Å². The fourth-order valence-electron chi connectivity index (χ4n) is 1.28. The minimum Gasteiger partial charge on any atom is -0.425 e. The highest BCUT2D eigenvalue weighted by molar-refractivity contribution is 5.78. The third kappa shape index (κ3) is 2.57. The molecule has 0 saturated carbocycles. The van der Waals surface area contributed by atoms with E-state index in [9.17, 15) is 4.79 Å². The number of benzene rings is 1. The summed E-state index contributed by atoms with van der Waals surface area (Å²) in [6.07, 6.45) is 0. The second-order valence-corrected chi connectivity index (χ2v) is 3.86. The number of aryl methyl sites for hydroxylation is 2. The van der Waals surface area contributed by atoms with Gasteiger partial charge in [0.05, 0.1) is 0 Å². The molecule has 82 valence electrons. The van der Waals surface area contributed by atoms with Gasteiger partial charge in [0.15, 0.2) is 0 Å². The van der Waals surface area contributed by atoms with Crippen LogP contribution in [0.25, 0.3) is 0 Å². The summed E-state index contributed by atoms with van der Waals surface area (Å²) >= 11 is 0. The normalized spacial score (nSPS) is 12.3. The average Bonchev–Trinajstić information content (AvgIpc) is 2.18. The van der Waals surface area contributed by atoms with Gasteiger partial charge in [-0.05, 0) is 44.4 Å². The maximum Gasteiger partial charge on any atom is 0.328 e. The average molecular weight is 207 g/mol. The van der Waals surface area contributed by atoms with Crippen molar-refractivity contribution in [2.45, 2.75) is 33.7 Å². The van der Waals surface area contributed by atoms with Crippen LogP contribution in [0.4, 0.5) is 0 Å². The van der Waals surface area contributed by atoms with E-state index in [0.717, 1.165) is 16.7 Å². The molecule has 0 spiro atoms. The summed E-state index contributed by atoms with van der Waals surface area (Å²) in [5.74, 6) is 0.240. The molecule has 0 aromatic heterocycles. The van der Waals surface area contributed by atoms with Crippen LogP contribution in [0, 0.1) is 20.8 Å². The van der Waals surface area contributed by atoms with E-state index in [1.165, 1.54) is 0 Å². The van der Waals surface area contributed by atoms with E-state index in [1.807, 2.05) is 32.9 Å². The minimum absolute atomic E-state index is 0.396. The van der Waals surface area contributed by atoms with E-state index in [-0.39, 0.29) is 0 Å². The van der Waals surface area contributed by atoms with Crippen molar-refractivity contribution in [1.29, 1.82) is 0 Å². The Balaban J connectivity index is 3.04. The van der Waals surface area contributed by atoms with Crippen LogP contribution in [0.15, 0.2) is 12.1 Å². The van der Waals surface area contributed by atoms with E-state index in [2.05, 4.69) is 0 Å². The quantitative estimate of drug-likeness (QED) is 0.595. The number of hydrogen-bond acceptors (Lipinski definition) is 3. The van der Waals surface area contributed by atoms with Crippen LogP contribution in [-0.4, -0.2) is 12.0 Å². The Kier molecular flexibility index (Phi) is 3.48. The van der Waals surface area contributed by atoms with Crippen molar-refractivity contribution in [3.63, 3.8) is 0 Å². The van der Waals surface area contributed by atoms with Gasteiger partial charge in [0.25, 0.3) is 0 Å². The predicted octanol–water partition coefficient (Wildman–Crippen LogP) is 1.86. The number of esters is 1. The lowest BCUT2D eigenvalue weighted by Gasteiger charge is -2.13. The monoisotopic (exact) mass is 207 g/mol. The van der Waals surface area contributed by atoms with Gasteiger partial charge in [-0.25, -0.2) is 4.79 Å². The van der Waals surface area contributed by atoms with Gasteiger partial charge in [-0.2, -0.15) is 0 Å². The number of hydrogen-bond donors (Lipinski definition) is 1. The van der Waals surface area contributed by atoms with Gasteiger partial charge >= 0.3 is 5.97 Å². The summed E-state index contributed by atoms with van der Waals surface area (Å²) < 4.78 is 5.25. The molecule has 0 aliphatic rings. The lowest BCUT2D eigenvalue weighted by Crippen LogP contribution is -2.31. The molecule has 0 amide bonds. The molecule has 1 aromatic carbocycles. The van der Waals surface area contributed by atoms with Crippen LogP contribution >= 0.6 is 0 Å². The lowest BCUT2D eigenvalue weighted by atomic mass is 10.1. The van der Waals surface area contributed by atoms with Gasteiger partial charge in [-0.15, -0.1) is 0 Å². The number of carbonyl (C=O) groups is 1. The summed E-state index contributed by atoms with van der Waals surface area (Å²) in [7, 11) is 0. The molecule has 0 fully saturated rings. The topological polar surface area (TPSA) is 52.3 Å². The molecule has 0 heterocycles. The highest BCUT2D eigenvalue weighted by Gasteiger charge is 2.14. The largest absolute Gasteiger partial charge is 0.425 e. The summed E-state index contributed by atoms with van der Waals surface area (Å²) in [4.78, 5) is 11.4. The van der Waals surface area contributed by atoms with Crippen molar-refractivity contribution >= 4 is 5.97 Å². The first-order chi connectivity index (χ1) is 6.93. The van der Waals surface area contributed by atoms with Gasteiger partial charge in [-0.1, -0.05) is 12.1 Å². The van der Waals surface area contributed by atoms with Crippen molar-refractivity contribution in [2.75, 3.05) is 0 Å². The van der Waals surface area contributed by atoms with E-state index in [4.69, 9.17) is 10.5 Å². The zero-order valence-electron chi connectivity index (χ0n) is 9.63. The van der Waals surface area contributed by atoms with Crippen LogP contribution in [0.1, 0.15) is 23.6 Å². The number of rotatable bonds is 2. The Bertz CT molecular complexity index is 383. The van der Waals surface area contributed by atoms with E-state index in [0.29, 0.717) is 5.75 Å². The molecule has 1 aromatic rings. The number of carbonyl (C=O) groups excluding carboxylic acids is 1. The third-order valence-corrected chi connectivity index (χ3v) is 2.45. The Morgan fingerprint density at radius 2 is 1.80 bits per heavy atom. The van der Waals surface area contributed by atoms with Crippen LogP contribution in [0.2, 0.25) is 0 Å². The molecule has 15 heavy (non-hydrogen) atoms. The van der Waals surface area contributed by atoms with Crippen LogP contribution in [0.3, 0.4) is 0 Å². The van der Waals surface area contributed by atoms with Gasteiger partial charge in [0.1, 0.15) is 11.8 Å². The van der Waals surface area contributed by atoms with E-state index in [1.54, 1.807) is 6.92 Å². The fourth-order valence-corrected chi connectivity index (χ4v) is 1.28. The highest BCUT2D eigenvalue weighted by atomic mass is 16.5. The summed E-state index contributed by atoms with van der Waals surface area (Å²) in [5.41, 5.74) is 8.49. The molecule has 1 unspecified atom stereocenters. The highest BCUT2D eigenvalue weighted by Crippen LogP contribution is 2.25. The third-order valence-electron chi connectivity index (χ3n) is 2.45. The molecule has 0 radical (unpaired) electrons. The SMILES string of the molecule is Cc1ccc(C)c(OC(=O)C(C)N)c1C. The summed E-state index contributed by atoms with van der Waals surface area (Å²) in [6, 6.07) is 3.35. The minimum atomic E-state index is -0.593. The van der Waals surface area contributed by atoms with Crippen molar-refractivity contribution in [3.05, 3.63) is 28.8 Å². The van der Waals surface area contributed by atoms with Gasteiger partial charge < -0.3 is 10.5 Å². The zero-order chi connectivity index (χ0) is 11.6. The molecule has 3 heteroatoms. The smallest absolute Gasteiger partial charge is 0.328 e. The molecule has 0 aliphatic heterocycles. The second-order valence-electron chi connectivity index (χ2n) is 3.86. The molecule has 1 atom stereocenters. The van der Waals surface area contributed by atoms with Crippen LogP contribution in [0.5, 0.6) is 5.75 Å². The Labute approximate surface area is 90.2 Å². The molecule has 0 saturated heterocycles. The molecule has 2 N–H and O–H groups in total. The van der Waals surface area contributed by atoms with Crippen LogP contribution < -0.4 is 10.5 Å². The standard InChI is InChI=1S/C12H17NO2/c1-7-5-6-8(2)11(9(7)3)15-12(14)10(4)13/h5-6,10H,13H2,1-4H3. The summed E-state index contributed by atoms with van der Waals surface area (Å²) in [5, 5.41) is 0. The Hall–Kier alpha value is -1.35. The molecule has 0 bridgehead atoms. The first-order valence-electron chi connectivity index (χ1n) is 4.97. The predicted molar refractivity (Wildman–Crippen MR) is 59.9 cm³/mol. The maximum absolute atomic E-state index is 11.4. The van der Waals surface area contributed by atoms with Crippen molar-refractivity contribution in [3.8, 4) is 5.75 Å². The van der Waals surface area contributed by atoms with Crippen molar-refractivity contribution < 1.29 is 9.53 Å². The first kappa shape index (κ1) is 11.7. The molecular formula is C12H17NO2. The van der Waals surface area contributed by atoms with Gasteiger partial charge in [0.2, 0.25) is 0 Å². The van der Waals surface area contributed by atoms with E-state index >= 15 is 0 Å². The van der Waals surface area contributed by atoms with Crippen molar-refractivity contribution in [2.24, 2.45) is 5.73 Å². The Morgan fingerprint density at radius 3 is 2.33 bits per heavy atom. The first-order valence-corrected chi connectivity index (χ1v) is 4.97. The Morgan fingerprint density at radius 1 is 1.27 bits per heavy atom. The second kappa shape index (κ2) is 4.45. The summed E-state index contributed by atoms with van der Waals surface area (Å²) in [6.45, 7) is 7.45. The molecule has 1 rings (SSSR count). The van der Waals surface area contributed by atoms with E-state index < -0.39 is 12.0 Å². The molecule has 3 nitrogen and oxygen atoms in total. The zero-order valence-corrected chi connectivity index (χ0v) is 9.63. The van der Waals surface area contributed by atoms with Gasteiger partial charge in [-0.3, -0.25) is 0 Å². The number of nitrogens with two attached hydrogens (primary N) is 1. The number of ether oxygens (including phenoxy) is 1. The molecule has 0 aliphatic carbocycles. The molecular weight excluding hydrogens is 190 g/mol. The van der Waals surface area contributed by atoms with Gasteiger partial charge in [0, 0.05) is 0 Å². The lowest BCUT2D eigenvalue weighted by molar-refractivity contribution is -0.135. The fraction of sp³-hybridized carbons (Fsp3) is 0.417. The van der Waals surface area contributed by atoms with Crippen molar-refractivity contribution in [1.82, 2.24) is 0 Å².